The highest BCUT2D eigenvalue weighted by molar-refractivity contribution is 6.18. The van der Waals surface area contributed by atoms with Gasteiger partial charge in [-0.3, -0.25) is 0 Å². The summed E-state index contributed by atoms with van der Waals surface area (Å²) < 4.78 is 8.92. The van der Waals surface area contributed by atoms with Crippen molar-refractivity contribution in [3.8, 4) is 39.1 Å². The minimum absolute atomic E-state index is 0.890. The van der Waals surface area contributed by atoms with Gasteiger partial charge in [0.05, 0.1) is 11.0 Å². The molecule has 0 amide bonds. The summed E-state index contributed by atoms with van der Waals surface area (Å²) in [7, 11) is 0. The van der Waals surface area contributed by atoms with E-state index in [9.17, 15) is 0 Å². The summed E-state index contributed by atoms with van der Waals surface area (Å²) in [6.45, 7) is 0. The van der Waals surface area contributed by atoms with Gasteiger partial charge in [-0.1, -0.05) is 164 Å². The van der Waals surface area contributed by atoms with E-state index in [0.717, 1.165) is 66.9 Å². The van der Waals surface area contributed by atoms with Gasteiger partial charge in [0.1, 0.15) is 11.2 Å². The molecule has 0 spiro atoms. The Hall–Kier alpha value is -8.14. The van der Waals surface area contributed by atoms with E-state index in [1.807, 2.05) is 6.07 Å². The molecule has 3 nitrogen and oxygen atoms in total. The fraction of sp³-hybridized carbons (Fsp3) is 0. The highest BCUT2D eigenvalue weighted by Gasteiger charge is 2.18. The quantitative estimate of drug-likeness (QED) is 0.161. The molecule has 3 heteroatoms. The molecule has 0 radical (unpaired) electrons. The van der Waals surface area contributed by atoms with Crippen molar-refractivity contribution < 1.29 is 4.42 Å². The second-order valence-electron chi connectivity index (χ2n) is 15.7. The van der Waals surface area contributed by atoms with E-state index < -0.39 is 0 Å². The fourth-order valence-electron chi connectivity index (χ4n) is 9.26. The number of furan rings is 1. The molecule has 0 aliphatic heterocycles. The highest BCUT2D eigenvalue weighted by Crippen LogP contribution is 2.41. The number of hydrogen-bond acceptors (Lipinski definition) is 2. The van der Waals surface area contributed by atoms with Crippen molar-refractivity contribution in [2.45, 2.75) is 0 Å². The van der Waals surface area contributed by atoms with Crippen molar-refractivity contribution >= 4 is 71.6 Å². The van der Waals surface area contributed by atoms with Crippen molar-refractivity contribution in [2.75, 3.05) is 4.90 Å². The molecule has 0 aliphatic rings. The lowest BCUT2D eigenvalue weighted by molar-refractivity contribution is 0.670. The van der Waals surface area contributed by atoms with Gasteiger partial charge in [-0.15, -0.1) is 0 Å². The molecule has 0 N–H and O–H groups in total. The number of benzene rings is 10. The van der Waals surface area contributed by atoms with Crippen molar-refractivity contribution in [2.24, 2.45) is 0 Å². The molecule has 286 valence electrons. The summed E-state index contributed by atoms with van der Waals surface area (Å²) in [4.78, 5) is 2.35. The molecule has 0 unspecified atom stereocenters. The number of aromatic nitrogens is 1. The van der Waals surface area contributed by atoms with Crippen LogP contribution in [0.15, 0.2) is 235 Å². The zero-order chi connectivity index (χ0) is 40.3. The molecule has 0 bridgehead atoms. The van der Waals surface area contributed by atoms with Crippen LogP contribution in [0.4, 0.5) is 17.1 Å². The maximum Gasteiger partial charge on any atom is 0.143 e. The summed E-state index contributed by atoms with van der Waals surface area (Å²) in [5, 5.41) is 7.24. The third-order valence-electron chi connectivity index (χ3n) is 12.2. The number of hydrogen-bond donors (Lipinski definition) is 0. The molecule has 2 aromatic heterocycles. The third-order valence-corrected chi connectivity index (χ3v) is 12.2. The summed E-state index contributed by atoms with van der Waals surface area (Å²) in [6, 6.07) is 82.8. The van der Waals surface area contributed by atoms with E-state index in [-0.39, 0.29) is 0 Å². The SMILES string of the molecule is c1ccc(-c2ccc(N(c3ccc(-c4ccc5oc6c(-c7ccccc7)cccc6c5c4)cc3)c3ccc(-n4c5ccccc5c5ccc6ccccc6c54)cc3)cc2)cc1. The Labute approximate surface area is 353 Å². The van der Waals surface area contributed by atoms with Gasteiger partial charge in [-0.2, -0.15) is 0 Å². The van der Waals surface area contributed by atoms with Crippen LogP contribution >= 0.6 is 0 Å². The van der Waals surface area contributed by atoms with Gasteiger partial charge in [0, 0.05) is 55.2 Å². The number of nitrogens with zero attached hydrogens (tertiary/aromatic N) is 2. The Morgan fingerprint density at radius 1 is 0.344 bits per heavy atom. The summed E-state index contributed by atoms with van der Waals surface area (Å²) >= 11 is 0. The van der Waals surface area contributed by atoms with Gasteiger partial charge in [0.2, 0.25) is 0 Å². The monoisotopic (exact) mass is 778 g/mol. The van der Waals surface area contributed by atoms with Crippen LogP contribution in [0.5, 0.6) is 0 Å². The number of para-hydroxylation sites is 2. The largest absolute Gasteiger partial charge is 0.455 e. The predicted octanol–water partition coefficient (Wildman–Crippen LogP) is 16.3. The third kappa shape index (κ3) is 5.90. The first kappa shape index (κ1) is 34.9. The molecule has 10 aromatic carbocycles. The van der Waals surface area contributed by atoms with E-state index in [4.69, 9.17) is 4.42 Å². The fourth-order valence-corrected chi connectivity index (χ4v) is 9.26. The van der Waals surface area contributed by atoms with Crippen molar-refractivity contribution in [3.63, 3.8) is 0 Å². The minimum Gasteiger partial charge on any atom is -0.455 e. The Morgan fingerprint density at radius 2 is 0.902 bits per heavy atom. The van der Waals surface area contributed by atoms with E-state index in [1.54, 1.807) is 0 Å². The molecular formula is C58H38N2O. The number of rotatable bonds is 7. The van der Waals surface area contributed by atoms with Crippen LogP contribution in [0.25, 0.3) is 93.6 Å². The van der Waals surface area contributed by atoms with E-state index in [1.165, 1.54) is 43.7 Å². The van der Waals surface area contributed by atoms with Crippen LogP contribution in [0.3, 0.4) is 0 Å². The lowest BCUT2D eigenvalue weighted by atomic mass is 10.00. The predicted molar refractivity (Wildman–Crippen MR) is 257 cm³/mol. The van der Waals surface area contributed by atoms with Crippen LogP contribution in [0.2, 0.25) is 0 Å². The van der Waals surface area contributed by atoms with Crippen LogP contribution in [0, 0.1) is 0 Å². The summed E-state index contributed by atoms with van der Waals surface area (Å²) in [5.41, 5.74) is 15.5. The molecule has 12 aromatic rings. The zero-order valence-electron chi connectivity index (χ0n) is 33.2. The Balaban J connectivity index is 0.948. The smallest absolute Gasteiger partial charge is 0.143 e. The van der Waals surface area contributed by atoms with E-state index >= 15 is 0 Å². The van der Waals surface area contributed by atoms with Gasteiger partial charge in [0.25, 0.3) is 0 Å². The Kier molecular flexibility index (Phi) is 8.17. The van der Waals surface area contributed by atoms with Gasteiger partial charge < -0.3 is 13.9 Å². The first-order valence-corrected chi connectivity index (χ1v) is 20.8. The van der Waals surface area contributed by atoms with Gasteiger partial charge >= 0.3 is 0 Å². The van der Waals surface area contributed by atoms with Crippen LogP contribution in [0.1, 0.15) is 0 Å². The first-order valence-electron chi connectivity index (χ1n) is 20.8. The summed E-state index contributed by atoms with van der Waals surface area (Å²) in [6.07, 6.45) is 0. The van der Waals surface area contributed by atoms with Crippen LogP contribution in [-0.4, -0.2) is 4.57 Å². The maximum atomic E-state index is 6.50. The second-order valence-corrected chi connectivity index (χ2v) is 15.7. The lowest BCUT2D eigenvalue weighted by Gasteiger charge is -2.26. The lowest BCUT2D eigenvalue weighted by Crippen LogP contribution is -2.10. The van der Waals surface area contributed by atoms with Crippen molar-refractivity contribution in [3.05, 3.63) is 231 Å². The summed E-state index contributed by atoms with van der Waals surface area (Å²) in [5.74, 6) is 0. The van der Waals surface area contributed by atoms with Crippen molar-refractivity contribution in [1.82, 2.24) is 4.57 Å². The molecular weight excluding hydrogens is 741 g/mol. The van der Waals surface area contributed by atoms with Gasteiger partial charge in [-0.05, 0) is 99.9 Å². The van der Waals surface area contributed by atoms with Gasteiger partial charge in [0.15, 0.2) is 0 Å². The maximum absolute atomic E-state index is 6.50. The highest BCUT2D eigenvalue weighted by atomic mass is 16.3. The topological polar surface area (TPSA) is 21.3 Å². The molecule has 0 atom stereocenters. The average Bonchev–Trinajstić information content (AvgIpc) is 3.89. The molecule has 0 aliphatic carbocycles. The molecule has 2 heterocycles. The minimum atomic E-state index is 0.890. The molecule has 12 rings (SSSR count). The molecule has 0 saturated heterocycles. The van der Waals surface area contributed by atoms with Crippen molar-refractivity contribution in [1.29, 1.82) is 0 Å². The van der Waals surface area contributed by atoms with Crippen LogP contribution in [-0.2, 0) is 0 Å². The molecule has 0 saturated carbocycles. The average molecular weight is 779 g/mol. The number of fused-ring (bicyclic) bond motifs is 8. The zero-order valence-corrected chi connectivity index (χ0v) is 33.2. The standard InChI is InChI=1S/C58H38N2O/c1-3-12-39(13-4-1)40-22-28-45(29-23-40)59(47-32-34-48(35-33-47)60-55-21-10-9-18-51(55)52-36-26-43-16-7-8-17-49(43)57(52)60)46-30-24-41(25-31-46)44-27-37-56-54(38-44)53-20-11-19-50(58(53)61-56)42-14-5-2-6-15-42/h1-38H. The number of anilines is 3. The first-order chi connectivity index (χ1) is 30.2. The molecule has 0 fully saturated rings. The van der Waals surface area contributed by atoms with Gasteiger partial charge in [-0.25, -0.2) is 0 Å². The van der Waals surface area contributed by atoms with E-state index in [0.29, 0.717) is 0 Å². The van der Waals surface area contributed by atoms with E-state index in [2.05, 4.69) is 234 Å². The molecule has 61 heavy (non-hydrogen) atoms. The Morgan fingerprint density at radius 3 is 1.62 bits per heavy atom. The Bertz CT molecular complexity index is 3550. The normalized spacial score (nSPS) is 11.6. The second kappa shape index (κ2) is 14.3. The van der Waals surface area contributed by atoms with Crippen LogP contribution < -0.4 is 4.90 Å².